The first-order chi connectivity index (χ1) is 9.72. The number of carbonyl (C=O) groups is 1. The molecule has 1 amide bonds. The summed E-state index contributed by atoms with van der Waals surface area (Å²) < 4.78 is 1.66. The molecule has 0 saturated heterocycles. The van der Waals surface area contributed by atoms with Crippen LogP contribution in [0.5, 0.6) is 0 Å². The third-order valence-corrected chi connectivity index (χ3v) is 3.73. The first-order valence-corrected chi connectivity index (χ1v) is 6.93. The highest BCUT2D eigenvalue weighted by atomic mass is 16.2. The minimum Gasteiger partial charge on any atom is -0.396 e. The number of aryl methyl sites for hydroxylation is 2. The van der Waals surface area contributed by atoms with Gasteiger partial charge in [-0.15, -0.1) is 0 Å². The zero-order valence-corrected chi connectivity index (χ0v) is 11.5. The standard InChI is InChI=1S/C15H18N4O/c1-2-19-14(12(16)10-17-19)15(20)18-9-5-7-11-6-3-4-8-13(11)18/h3-4,6,8,10H,2,5,7,9,16H2,1H3. The van der Waals surface area contributed by atoms with Crippen LogP contribution in [-0.2, 0) is 13.0 Å². The van der Waals surface area contributed by atoms with Crippen molar-refractivity contribution in [2.24, 2.45) is 0 Å². The van der Waals surface area contributed by atoms with Crippen LogP contribution in [0.3, 0.4) is 0 Å². The maximum Gasteiger partial charge on any atom is 0.278 e. The molecule has 2 N–H and O–H groups in total. The van der Waals surface area contributed by atoms with Crippen molar-refractivity contribution in [1.29, 1.82) is 0 Å². The number of carbonyl (C=O) groups excluding carboxylic acids is 1. The lowest BCUT2D eigenvalue weighted by Crippen LogP contribution is -2.37. The Bertz CT molecular complexity index is 647. The highest BCUT2D eigenvalue weighted by Crippen LogP contribution is 2.29. The molecule has 1 aromatic carbocycles. The zero-order chi connectivity index (χ0) is 14.1. The van der Waals surface area contributed by atoms with Gasteiger partial charge < -0.3 is 10.6 Å². The average molecular weight is 270 g/mol. The molecular weight excluding hydrogens is 252 g/mol. The Balaban J connectivity index is 2.02. The predicted molar refractivity (Wildman–Crippen MR) is 78.8 cm³/mol. The fourth-order valence-electron chi connectivity index (χ4n) is 2.75. The Morgan fingerprint density at radius 1 is 1.40 bits per heavy atom. The van der Waals surface area contributed by atoms with Crippen molar-refractivity contribution in [2.75, 3.05) is 17.2 Å². The minimum absolute atomic E-state index is 0.0611. The third-order valence-electron chi connectivity index (χ3n) is 3.73. The second kappa shape index (κ2) is 5.00. The topological polar surface area (TPSA) is 64.2 Å². The Labute approximate surface area is 118 Å². The lowest BCUT2D eigenvalue weighted by molar-refractivity contribution is 0.0975. The molecule has 5 nitrogen and oxygen atoms in total. The van der Waals surface area contributed by atoms with Crippen molar-refractivity contribution in [3.05, 3.63) is 41.7 Å². The van der Waals surface area contributed by atoms with Crippen LogP contribution in [0, 0.1) is 0 Å². The maximum atomic E-state index is 12.8. The van der Waals surface area contributed by atoms with Crippen molar-refractivity contribution in [2.45, 2.75) is 26.3 Å². The summed E-state index contributed by atoms with van der Waals surface area (Å²) in [5.74, 6) is -0.0611. The van der Waals surface area contributed by atoms with Crippen molar-refractivity contribution >= 4 is 17.3 Å². The van der Waals surface area contributed by atoms with Gasteiger partial charge in [0.15, 0.2) is 0 Å². The number of hydrogen-bond acceptors (Lipinski definition) is 3. The number of nitrogens with two attached hydrogens (primary N) is 1. The number of hydrogen-bond donors (Lipinski definition) is 1. The molecule has 1 aliphatic rings. The highest BCUT2D eigenvalue weighted by molar-refractivity contribution is 6.08. The molecule has 104 valence electrons. The number of para-hydroxylation sites is 1. The first-order valence-electron chi connectivity index (χ1n) is 6.93. The molecular formula is C15H18N4O. The molecule has 0 atom stereocenters. The molecule has 0 bridgehead atoms. The van der Waals surface area contributed by atoms with Gasteiger partial charge in [-0.2, -0.15) is 5.10 Å². The summed E-state index contributed by atoms with van der Waals surface area (Å²) in [6.07, 6.45) is 3.54. The monoisotopic (exact) mass is 270 g/mol. The largest absolute Gasteiger partial charge is 0.396 e. The summed E-state index contributed by atoms with van der Waals surface area (Å²) in [6, 6.07) is 8.05. The number of nitrogen functional groups attached to an aromatic ring is 1. The molecule has 5 heteroatoms. The second-order valence-corrected chi connectivity index (χ2v) is 4.95. The van der Waals surface area contributed by atoms with E-state index in [0.29, 0.717) is 17.9 Å². The molecule has 20 heavy (non-hydrogen) atoms. The molecule has 0 aliphatic carbocycles. The zero-order valence-electron chi connectivity index (χ0n) is 11.5. The van der Waals surface area contributed by atoms with Crippen molar-refractivity contribution in [1.82, 2.24) is 9.78 Å². The third kappa shape index (κ3) is 1.95. The van der Waals surface area contributed by atoms with Crippen LogP contribution in [0.1, 0.15) is 29.4 Å². The molecule has 1 aromatic heterocycles. The molecule has 3 rings (SSSR count). The molecule has 2 heterocycles. The molecule has 0 saturated carbocycles. The van der Waals surface area contributed by atoms with Gasteiger partial charge in [-0.1, -0.05) is 18.2 Å². The quantitative estimate of drug-likeness (QED) is 0.908. The van der Waals surface area contributed by atoms with Gasteiger partial charge in [0.2, 0.25) is 0 Å². The van der Waals surface area contributed by atoms with Crippen molar-refractivity contribution in [3.8, 4) is 0 Å². The first kappa shape index (κ1) is 12.7. The number of amides is 1. The lowest BCUT2D eigenvalue weighted by atomic mass is 10.0. The summed E-state index contributed by atoms with van der Waals surface area (Å²) in [5.41, 5.74) is 9.06. The average Bonchev–Trinajstić information content (AvgIpc) is 2.87. The fourth-order valence-corrected chi connectivity index (χ4v) is 2.75. The van der Waals surface area contributed by atoms with Gasteiger partial charge in [0.1, 0.15) is 5.69 Å². The summed E-state index contributed by atoms with van der Waals surface area (Å²) in [4.78, 5) is 14.6. The minimum atomic E-state index is -0.0611. The van der Waals surface area contributed by atoms with Gasteiger partial charge in [-0.3, -0.25) is 9.48 Å². The van der Waals surface area contributed by atoms with E-state index >= 15 is 0 Å². The number of anilines is 2. The van der Waals surface area contributed by atoms with E-state index in [0.717, 1.165) is 25.1 Å². The Morgan fingerprint density at radius 2 is 2.20 bits per heavy atom. The smallest absolute Gasteiger partial charge is 0.278 e. The molecule has 1 aliphatic heterocycles. The Hall–Kier alpha value is -2.30. The second-order valence-electron chi connectivity index (χ2n) is 4.95. The van der Waals surface area contributed by atoms with Gasteiger partial charge in [-0.25, -0.2) is 0 Å². The number of fused-ring (bicyclic) bond motifs is 1. The maximum absolute atomic E-state index is 12.8. The van der Waals surface area contributed by atoms with Gasteiger partial charge in [-0.05, 0) is 31.4 Å². The summed E-state index contributed by atoms with van der Waals surface area (Å²) >= 11 is 0. The van der Waals surface area contributed by atoms with Crippen LogP contribution in [0.2, 0.25) is 0 Å². The molecule has 0 unspecified atom stereocenters. The molecule has 2 aromatic rings. The SMILES string of the molecule is CCn1ncc(N)c1C(=O)N1CCCc2ccccc21. The summed E-state index contributed by atoms with van der Waals surface area (Å²) in [7, 11) is 0. The van der Waals surface area contributed by atoms with Crippen LogP contribution in [-0.4, -0.2) is 22.2 Å². The lowest BCUT2D eigenvalue weighted by Gasteiger charge is -2.29. The fraction of sp³-hybridized carbons (Fsp3) is 0.333. The van der Waals surface area contributed by atoms with Crippen LogP contribution >= 0.6 is 0 Å². The van der Waals surface area contributed by atoms with Gasteiger partial charge in [0.25, 0.3) is 5.91 Å². The summed E-state index contributed by atoms with van der Waals surface area (Å²) in [6.45, 7) is 3.31. The van der Waals surface area contributed by atoms with Crippen LogP contribution in [0.4, 0.5) is 11.4 Å². The van der Waals surface area contributed by atoms with Gasteiger partial charge in [0, 0.05) is 18.8 Å². The highest BCUT2D eigenvalue weighted by Gasteiger charge is 2.27. The van der Waals surface area contributed by atoms with E-state index in [-0.39, 0.29) is 5.91 Å². The van der Waals surface area contributed by atoms with Crippen molar-refractivity contribution in [3.63, 3.8) is 0 Å². The van der Waals surface area contributed by atoms with Crippen LogP contribution < -0.4 is 10.6 Å². The van der Waals surface area contributed by atoms with E-state index in [9.17, 15) is 4.79 Å². The Morgan fingerprint density at radius 3 is 3.00 bits per heavy atom. The number of nitrogens with zero attached hydrogens (tertiary/aromatic N) is 3. The Kier molecular flexibility index (Phi) is 3.18. The van der Waals surface area contributed by atoms with E-state index in [1.165, 1.54) is 5.56 Å². The number of rotatable bonds is 2. The van der Waals surface area contributed by atoms with E-state index in [4.69, 9.17) is 5.73 Å². The summed E-state index contributed by atoms with van der Waals surface area (Å²) in [5, 5.41) is 4.15. The predicted octanol–water partition coefficient (Wildman–Crippen LogP) is 2.08. The van der Waals surface area contributed by atoms with E-state index in [1.807, 2.05) is 30.0 Å². The van der Waals surface area contributed by atoms with E-state index < -0.39 is 0 Å². The number of aromatic nitrogens is 2. The van der Waals surface area contributed by atoms with E-state index in [2.05, 4.69) is 11.2 Å². The van der Waals surface area contributed by atoms with Gasteiger partial charge in [0.05, 0.1) is 11.9 Å². The van der Waals surface area contributed by atoms with E-state index in [1.54, 1.807) is 10.9 Å². The van der Waals surface area contributed by atoms with Crippen molar-refractivity contribution < 1.29 is 4.79 Å². The van der Waals surface area contributed by atoms with Crippen LogP contribution in [0.25, 0.3) is 0 Å². The van der Waals surface area contributed by atoms with Gasteiger partial charge >= 0.3 is 0 Å². The molecule has 0 spiro atoms. The molecule has 0 radical (unpaired) electrons. The normalized spacial score (nSPS) is 14.2. The molecule has 0 fully saturated rings. The van der Waals surface area contributed by atoms with Crippen LogP contribution in [0.15, 0.2) is 30.5 Å². The number of benzene rings is 1.